The lowest BCUT2D eigenvalue weighted by Gasteiger charge is -2.15. The topological polar surface area (TPSA) is 49.4 Å². The van der Waals surface area contributed by atoms with E-state index in [1.54, 1.807) is 31.3 Å². The second-order valence-electron chi connectivity index (χ2n) is 3.75. The maximum absolute atomic E-state index is 12.1. The van der Waals surface area contributed by atoms with Crippen LogP contribution in [0.2, 0.25) is 0 Å². The zero-order chi connectivity index (χ0) is 12.9. The maximum Gasteiger partial charge on any atom is 0.243 e. The van der Waals surface area contributed by atoms with Crippen molar-refractivity contribution in [2.45, 2.75) is 11.4 Å². The van der Waals surface area contributed by atoms with Crippen LogP contribution < -0.4 is 5.32 Å². The summed E-state index contributed by atoms with van der Waals surface area (Å²) in [7, 11) is -0.0398. The van der Waals surface area contributed by atoms with Crippen molar-refractivity contribution in [2.75, 3.05) is 20.6 Å². The molecular formula is C12H18N2O2S. The minimum atomic E-state index is -3.41. The van der Waals surface area contributed by atoms with E-state index >= 15 is 0 Å². The SMILES string of the molecule is C=CCN(C)S(=O)(=O)c1cccc(CNC)c1. The van der Waals surface area contributed by atoms with E-state index in [9.17, 15) is 8.42 Å². The molecule has 1 N–H and O–H groups in total. The Hall–Kier alpha value is -1.17. The van der Waals surface area contributed by atoms with Gasteiger partial charge in [0.05, 0.1) is 4.90 Å². The summed E-state index contributed by atoms with van der Waals surface area (Å²) in [6.07, 6.45) is 1.56. The third-order valence-corrected chi connectivity index (χ3v) is 4.19. The highest BCUT2D eigenvalue weighted by Gasteiger charge is 2.19. The smallest absolute Gasteiger partial charge is 0.243 e. The van der Waals surface area contributed by atoms with E-state index in [1.165, 1.54) is 4.31 Å². The lowest BCUT2D eigenvalue weighted by Crippen LogP contribution is -2.27. The van der Waals surface area contributed by atoms with Gasteiger partial charge in [-0.15, -0.1) is 6.58 Å². The van der Waals surface area contributed by atoms with Crippen molar-refractivity contribution in [2.24, 2.45) is 0 Å². The van der Waals surface area contributed by atoms with E-state index in [-0.39, 0.29) is 0 Å². The fraction of sp³-hybridized carbons (Fsp3) is 0.333. The first-order chi connectivity index (χ1) is 8.02. The van der Waals surface area contributed by atoms with Crippen LogP contribution >= 0.6 is 0 Å². The van der Waals surface area contributed by atoms with Gasteiger partial charge in [-0.05, 0) is 24.7 Å². The van der Waals surface area contributed by atoms with Gasteiger partial charge in [-0.3, -0.25) is 0 Å². The highest BCUT2D eigenvalue weighted by atomic mass is 32.2. The summed E-state index contributed by atoms with van der Waals surface area (Å²) >= 11 is 0. The maximum atomic E-state index is 12.1. The molecule has 94 valence electrons. The minimum Gasteiger partial charge on any atom is -0.316 e. The summed E-state index contributed by atoms with van der Waals surface area (Å²) in [5.74, 6) is 0. The lowest BCUT2D eigenvalue weighted by atomic mass is 10.2. The Morgan fingerprint density at radius 1 is 1.47 bits per heavy atom. The van der Waals surface area contributed by atoms with E-state index in [0.717, 1.165) is 5.56 Å². The third kappa shape index (κ3) is 3.39. The molecule has 0 saturated carbocycles. The lowest BCUT2D eigenvalue weighted by molar-refractivity contribution is 0.499. The molecule has 0 heterocycles. The second-order valence-corrected chi connectivity index (χ2v) is 5.80. The van der Waals surface area contributed by atoms with E-state index in [1.807, 2.05) is 13.1 Å². The van der Waals surface area contributed by atoms with Crippen LogP contribution in [0.3, 0.4) is 0 Å². The van der Waals surface area contributed by atoms with Crippen molar-refractivity contribution in [1.82, 2.24) is 9.62 Å². The zero-order valence-corrected chi connectivity index (χ0v) is 11.0. The molecule has 0 unspecified atom stereocenters. The molecule has 5 heteroatoms. The van der Waals surface area contributed by atoms with Crippen LogP contribution in [0, 0.1) is 0 Å². The number of rotatable bonds is 6. The van der Waals surface area contributed by atoms with Crippen molar-refractivity contribution in [3.8, 4) is 0 Å². The predicted molar refractivity (Wildman–Crippen MR) is 69.2 cm³/mol. The quantitative estimate of drug-likeness (QED) is 0.776. The van der Waals surface area contributed by atoms with Gasteiger partial charge in [-0.1, -0.05) is 18.2 Å². The van der Waals surface area contributed by atoms with Gasteiger partial charge in [0.25, 0.3) is 0 Å². The van der Waals surface area contributed by atoms with Crippen LogP contribution in [0.5, 0.6) is 0 Å². The molecule has 0 radical (unpaired) electrons. The molecule has 0 fully saturated rings. The summed E-state index contributed by atoms with van der Waals surface area (Å²) in [5.41, 5.74) is 0.945. The molecule has 0 aliphatic carbocycles. The van der Waals surface area contributed by atoms with E-state index in [4.69, 9.17) is 0 Å². The van der Waals surface area contributed by atoms with Gasteiger partial charge < -0.3 is 5.32 Å². The average molecular weight is 254 g/mol. The molecule has 0 aromatic heterocycles. The van der Waals surface area contributed by atoms with Gasteiger partial charge in [-0.25, -0.2) is 8.42 Å². The Labute approximate surface area is 103 Å². The summed E-state index contributed by atoms with van der Waals surface area (Å²) in [6, 6.07) is 6.93. The molecule has 0 aliphatic rings. The minimum absolute atomic E-state index is 0.304. The largest absolute Gasteiger partial charge is 0.316 e. The molecule has 0 spiro atoms. The number of benzene rings is 1. The van der Waals surface area contributed by atoms with Crippen LogP contribution in [0.25, 0.3) is 0 Å². The summed E-state index contributed by atoms with van der Waals surface area (Å²) in [5, 5.41) is 2.99. The van der Waals surface area contributed by atoms with Gasteiger partial charge in [0.2, 0.25) is 10.0 Å². The Bertz CT molecular complexity index is 483. The Kier molecular flexibility index (Phi) is 4.86. The Morgan fingerprint density at radius 2 is 2.18 bits per heavy atom. The van der Waals surface area contributed by atoms with Gasteiger partial charge in [0.1, 0.15) is 0 Å². The molecule has 0 bridgehead atoms. The predicted octanol–water partition coefficient (Wildman–Crippen LogP) is 1.21. The Balaban J connectivity index is 3.06. The third-order valence-electron chi connectivity index (χ3n) is 2.37. The monoisotopic (exact) mass is 254 g/mol. The molecule has 4 nitrogen and oxygen atoms in total. The van der Waals surface area contributed by atoms with Gasteiger partial charge >= 0.3 is 0 Å². The van der Waals surface area contributed by atoms with Gasteiger partial charge in [0, 0.05) is 20.1 Å². The zero-order valence-electron chi connectivity index (χ0n) is 10.2. The number of likely N-dealkylation sites (N-methyl/N-ethyl adjacent to an activating group) is 1. The van der Waals surface area contributed by atoms with Gasteiger partial charge in [-0.2, -0.15) is 4.31 Å². The molecule has 1 aromatic carbocycles. The summed E-state index contributed by atoms with van der Waals surface area (Å²) < 4.78 is 25.5. The number of hydrogen-bond donors (Lipinski definition) is 1. The molecule has 0 amide bonds. The van der Waals surface area contributed by atoms with E-state index < -0.39 is 10.0 Å². The Morgan fingerprint density at radius 3 is 2.76 bits per heavy atom. The fourth-order valence-corrected chi connectivity index (χ4v) is 2.69. The summed E-state index contributed by atoms with van der Waals surface area (Å²) in [6.45, 7) is 4.49. The first-order valence-corrected chi connectivity index (χ1v) is 6.77. The molecule has 0 aliphatic heterocycles. The van der Waals surface area contributed by atoms with Gasteiger partial charge in [0.15, 0.2) is 0 Å². The molecule has 1 rings (SSSR count). The number of nitrogens with one attached hydrogen (secondary N) is 1. The first kappa shape index (κ1) is 13.9. The summed E-state index contributed by atoms with van der Waals surface area (Å²) in [4.78, 5) is 0.314. The number of hydrogen-bond acceptors (Lipinski definition) is 3. The van der Waals surface area contributed by atoms with Crippen LogP contribution in [-0.2, 0) is 16.6 Å². The standard InChI is InChI=1S/C12H18N2O2S/c1-4-8-14(3)17(15,16)12-7-5-6-11(9-12)10-13-2/h4-7,9,13H,1,8,10H2,2-3H3. The molecule has 17 heavy (non-hydrogen) atoms. The number of sulfonamides is 1. The number of nitrogens with zero attached hydrogens (tertiary/aromatic N) is 1. The van der Waals surface area contributed by atoms with Crippen LogP contribution in [0.4, 0.5) is 0 Å². The van der Waals surface area contributed by atoms with E-state index in [2.05, 4.69) is 11.9 Å². The normalized spacial score (nSPS) is 11.7. The van der Waals surface area contributed by atoms with Crippen molar-refractivity contribution >= 4 is 10.0 Å². The molecular weight excluding hydrogens is 236 g/mol. The van der Waals surface area contributed by atoms with Crippen molar-refractivity contribution in [3.05, 3.63) is 42.5 Å². The highest BCUT2D eigenvalue weighted by molar-refractivity contribution is 7.89. The second kappa shape index (κ2) is 5.95. The van der Waals surface area contributed by atoms with Crippen LogP contribution in [0.15, 0.2) is 41.8 Å². The average Bonchev–Trinajstić information content (AvgIpc) is 2.30. The molecule has 0 saturated heterocycles. The molecule has 1 aromatic rings. The van der Waals surface area contributed by atoms with Crippen molar-refractivity contribution < 1.29 is 8.42 Å². The van der Waals surface area contributed by atoms with Crippen molar-refractivity contribution in [3.63, 3.8) is 0 Å². The first-order valence-electron chi connectivity index (χ1n) is 5.33. The molecule has 0 atom stereocenters. The fourth-order valence-electron chi connectivity index (χ4n) is 1.48. The highest BCUT2D eigenvalue weighted by Crippen LogP contribution is 2.15. The van der Waals surface area contributed by atoms with Crippen molar-refractivity contribution in [1.29, 1.82) is 0 Å². The van der Waals surface area contributed by atoms with E-state index in [0.29, 0.717) is 18.0 Å². The van der Waals surface area contributed by atoms with Crippen LogP contribution in [0.1, 0.15) is 5.56 Å². The van der Waals surface area contributed by atoms with Crippen LogP contribution in [-0.4, -0.2) is 33.4 Å².